The molecular weight excluding hydrogens is 330 g/mol. The Labute approximate surface area is 154 Å². The number of piperidine rings is 1. The lowest BCUT2D eigenvalue weighted by molar-refractivity contribution is -0.126. The Balaban J connectivity index is 1.67. The first kappa shape index (κ1) is 18.3. The van der Waals surface area contributed by atoms with Gasteiger partial charge in [-0.05, 0) is 30.5 Å². The minimum atomic E-state index is -0.617. The third-order valence-electron chi connectivity index (χ3n) is 4.99. The van der Waals surface area contributed by atoms with E-state index in [4.69, 9.17) is 4.74 Å². The van der Waals surface area contributed by atoms with Crippen molar-refractivity contribution < 1.29 is 9.53 Å². The number of nitrogens with one attached hydrogen (secondary N) is 2. The number of ether oxygens (including phenoxy) is 1. The number of likely N-dealkylation sites (N-methyl/N-ethyl adjacent to an activating group) is 1. The molecule has 2 heterocycles. The van der Waals surface area contributed by atoms with E-state index in [0.717, 1.165) is 44.0 Å². The van der Waals surface area contributed by atoms with Crippen molar-refractivity contribution >= 4 is 11.7 Å². The zero-order valence-corrected chi connectivity index (χ0v) is 15.7. The van der Waals surface area contributed by atoms with Gasteiger partial charge in [0.2, 0.25) is 5.91 Å². The van der Waals surface area contributed by atoms with Gasteiger partial charge in [-0.25, -0.2) is 0 Å². The fourth-order valence-electron chi connectivity index (χ4n) is 3.50. The van der Waals surface area contributed by atoms with Gasteiger partial charge < -0.3 is 15.4 Å². The van der Waals surface area contributed by atoms with Crippen LogP contribution in [-0.4, -0.2) is 53.4 Å². The SMILES string of the molecule is CNC(=O)C1(Nc2ccn(C)n2)CCN(Cc2cccc(OC)c2)CC1. The van der Waals surface area contributed by atoms with Crippen LogP contribution in [0, 0.1) is 0 Å². The topological polar surface area (TPSA) is 71.4 Å². The fraction of sp³-hybridized carbons (Fsp3) is 0.474. The van der Waals surface area contributed by atoms with Crippen LogP contribution >= 0.6 is 0 Å². The standard InChI is InChI=1S/C19H27N5O2/c1-20-18(25)19(21-17-7-10-23(2)22-17)8-11-24(12-9-19)14-15-5-4-6-16(13-15)26-3/h4-7,10,13H,8-9,11-12,14H2,1-3H3,(H,20,25)(H,21,22). The maximum atomic E-state index is 12.6. The van der Waals surface area contributed by atoms with Crippen LogP contribution in [0.25, 0.3) is 0 Å². The number of rotatable bonds is 6. The summed E-state index contributed by atoms with van der Waals surface area (Å²) in [6.07, 6.45) is 3.33. The highest BCUT2D eigenvalue weighted by molar-refractivity contribution is 5.89. The van der Waals surface area contributed by atoms with Gasteiger partial charge in [0.05, 0.1) is 7.11 Å². The molecule has 1 aliphatic rings. The normalized spacial score (nSPS) is 16.9. The van der Waals surface area contributed by atoms with E-state index in [2.05, 4.69) is 32.8 Å². The van der Waals surface area contributed by atoms with E-state index < -0.39 is 5.54 Å². The summed E-state index contributed by atoms with van der Waals surface area (Å²) in [5, 5.41) is 10.6. The van der Waals surface area contributed by atoms with Gasteiger partial charge in [0.25, 0.3) is 0 Å². The molecule has 1 fully saturated rings. The second-order valence-corrected chi connectivity index (χ2v) is 6.79. The largest absolute Gasteiger partial charge is 0.497 e. The lowest BCUT2D eigenvalue weighted by Crippen LogP contribution is -2.57. The third-order valence-corrected chi connectivity index (χ3v) is 4.99. The third kappa shape index (κ3) is 3.99. The Morgan fingerprint density at radius 3 is 2.69 bits per heavy atom. The van der Waals surface area contributed by atoms with E-state index in [1.54, 1.807) is 18.8 Å². The van der Waals surface area contributed by atoms with Crippen molar-refractivity contribution in [3.8, 4) is 5.75 Å². The summed E-state index contributed by atoms with van der Waals surface area (Å²) < 4.78 is 7.04. The Kier molecular flexibility index (Phi) is 5.46. The van der Waals surface area contributed by atoms with E-state index in [1.807, 2.05) is 31.4 Å². The lowest BCUT2D eigenvalue weighted by atomic mass is 9.86. The highest BCUT2D eigenvalue weighted by Crippen LogP contribution is 2.28. The average molecular weight is 357 g/mol. The number of hydrogen-bond donors (Lipinski definition) is 2. The van der Waals surface area contributed by atoms with E-state index in [9.17, 15) is 4.79 Å². The first-order chi connectivity index (χ1) is 12.5. The van der Waals surface area contributed by atoms with Gasteiger partial charge in [-0.2, -0.15) is 5.10 Å². The van der Waals surface area contributed by atoms with Gasteiger partial charge in [-0.15, -0.1) is 0 Å². The molecule has 0 saturated carbocycles. The minimum Gasteiger partial charge on any atom is -0.497 e. The summed E-state index contributed by atoms with van der Waals surface area (Å²) in [4.78, 5) is 15.0. The second kappa shape index (κ2) is 7.78. The predicted molar refractivity (Wildman–Crippen MR) is 101 cm³/mol. The van der Waals surface area contributed by atoms with Crippen molar-refractivity contribution in [2.75, 3.05) is 32.6 Å². The highest BCUT2D eigenvalue weighted by atomic mass is 16.5. The summed E-state index contributed by atoms with van der Waals surface area (Å²) in [5.41, 5.74) is 0.600. The van der Waals surface area contributed by atoms with E-state index in [1.165, 1.54) is 5.56 Å². The first-order valence-electron chi connectivity index (χ1n) is 8.90. The second-order valence-electron chi connectivity index (χ2n) is 6.79. The number of aromatic nitrogens is 2. The first-order valence-corrected chi connectivity index (χ1v) is 8.90. The fourth-order valence-corrected chi connectivity index (χ4v) is 3.50. The summed E-state index contributed by atoms with van der Waals surface area (Å²) in [7, 11) is 5.24. The molecule has 26 heavy (non-hydrogen) atoms. The van der Waals surface area contributed by atoms with Crippen molar-refractivity contribution in [3.63, 3.8) is 0 Å². The zero-order chi connectivity index (χ0) is 18.6. The molecule has 2 aromatic rings. The van der Waals surface area contributed by atoms with Crippen LogP contribution in [-0.2, 0) is 18.4 Å². The van der Waals surface area contributed by atoms with Crippen molar-refractivity contribution in [3.05, 3.63) is 42.1 Å². The van der Waals surface area contributed by atoms with Crippen molar-refractivity contribution in [1.82, 2.24) is 20.0 Å². The number of carbonyl (C=O) groups excluding carboxylic acids is 1. The van der Waals surface area contributed by atoms with Gasteiger partial charge in [0, 0.05) is 46.0 Å². The van der Waals surface area contributed by atoms with Crippen molar-refractivity contribution in [1.29, 1.82) is 0 Å². The summed E-state index contributed by atoms with van der Waals surface area (Å²) in [5.74, 6) is 1.62. The molecular formula is C19H27N5O2. The summed E-state index contributed by atoms with van der Waals surface area (Å²) in [6.45, 7) is 2.53. The molecule has 0 unspecified atom stereocenters. The average Bonchev–Trinajstić information content (AvgIpc) is 3.07. The van der Waals surface area contributed by atoms with Crippen molar-refractivity contribution in [2.24, 2.45) is 7.05 Å². The Morgan fingerprint density at radius 1 is 1.31 bits per heavy atom. The smallest absolute Gasteiger partial charge is 0.245 e. The number of likely N-dealkylation sites (tertiary alicyclic amines) is 1. The van der Waals surface area contributed by atoms with Crippen LogP contribution in [0.5, 0.6) is 5.75 Å². The Bertz CT molecular complexity index is 750. The van der Waals surface area contributed by atoms with E-state index >= 15 is 0 Å². The number of aryl methyl sites for hydroxylation is 1. The predicted octanol–water partition coefficient (Wildman–Crippen LogP) is 1.62. The lowest BCUT2D eigenvalue weighted by Gasteiger charge is -2.41. The number of methoxy groups -OCH3 is 1. The molecule has 7 heteroatoms. The molecule has 0 aliphatic carbocycles. The van der Waals surface area contributed by atoms with Gasteiger partial charge in [0.1, 0.15) is 17.1 Å². The molecule has 1 aromatic heterocycles. The van der Waals surface area contributed by atoms with Crippen molar-refractivity contribution in [2.45, 2.75) is 24.9 Å². The molecule has 0 radical (unpaired) electrons. The van der Waals surface area contributed by atoms with Crippen LogP contribution in [0.1, 0.15) is 18.4 Å². The van der Waals surface area contributed by atoms with E-state index in [0.29, 0.717) is 0 Å². The monoisotopic (exact) mass is 357 g/mol. The van der Waals surface area contributed by atoms with Gasteiger partial charge in [0.15, 0.2) is 0 Å². The van der Waals surface area contributed by atoms with Gasteiger partial charge >= 0.3 is 0 Å². The number of benzene rings is 1. The molecule has 1 aromatic carbocycles. The molecule has 0 atom stereocenters. The van der Waals surface area contributed by atoms with Crippen LogP contribution in [0.15, 0.2) is 36.5 Å². The minimum absolute atomic E-state index is 0.0178. The molecule has 1 aliphatic heterocycles. The summed E-state index contributed by atoms with van der Waals surface area (Å²) in [6, 6.07) is 10.0. The van der Waals surface area contributed by atoms with Crippen LogP contribution in [0.3, 0.4) is 0 Å². The van der Waals surface area contributed by atoms with Gasteiger partial charge in [-0.3, -0.25) is 14.4 Å². The van der Waals surface area contributed by atoms with Crippen LogP contribution in [0.2, 0.25) is 0 Å². The van der Waals surface area contributed by atoms with E-state index in [-0.39, 0.29) is 5.91 Å². The molecule has 1 amide bonds. The van der Waals surface area contributed by atoms with Gasteiger partial charge in [-0.1, -0.05) is 12.1 Å². The number of amides is 1. The Hall–Kier alpha value is -2.54. The Morgan fingerprint density at radius 2 is 2.08 bits per heavy atom. The number of nitrogens with zero attached hydrogens (tertiary/aromatic N) is 3. The maximum absolute atomic E-state index is 12.6. The van der Waals surface area contributed by atoms with Crippen LogP contribution in [0.4, 0.5) is 5.82 Å². The number of carbonyl (C=O) groups is 1. The number of hydrogen-bond acceptors (Lipinski definition) is 5. The molecule has 0 spiro atoms. The number of anilines is 1. The summed E-state index contributed by atoms with van der Waals surface area (Å²) >= 11 is 0. The molecule has 0 bridgehead atoms. The highest BCUT2D eigenvalue weighted by Gasteiger charge is 2.41. The zero-order valence-electron chi connectivity index (χ0n) is 15.7. The molecule has 7 nitrogen and oxygen atoms in total. The quantitative estimate of drug-likeness (QED) is 0.822. The molecule has 1 saturated heterocycles. The molecule has 140 valence electrons. The molecule has 3 rings (SSSR count). The van der Waals surface area contributed by atoms with Crippen LogP contribution < -0.4 is 15.4 Å². The maximum Gasteiger partial charge on any atom is 0.245 e. The molecule has 2 N–H and O–H groups in total.